The number of hydrazine groups is 3. The third kappa shape index (κ3) is 12.5. The molecular formula is C37H46N10OZn. The summed E-state index contributed by atoms with van der Waals surface area (Å²) < 4.78 is 0. The van der Waals surface area contributed by atoms with Gasteiger partial charge in [-0.1, -0.05) is 64.0 Å². The van der Waals surface area contributed by atoms with Gasteiger partial charge < -0.3 is 19.9 Å². The number of para-hydroxylation sites is 2. The molecule has 8 bridgehead atoms. The van der Waals surface area contributed by atoms with Crippen molar-refractivity contribution in [1.29, 1.82) is 0 Å². The molecule has 0 saturated carbocycles. The van der Waals surface area contributed by atoms with E-state index in [1.54, 1.807) is 0 Å². The SMILES string of the molecule is C1=Cc2cc3ccc(cc4nc(cc5ccc(cc1n2)[nH]5)C=C4)[nH]3.CCCCCCCCCCNNNN.O=c1[nH]c2ccccc2[nH]1.[Zn]. The Morgan fingerprint density at radius 1 is 0.592 bits per heavy atom. The third-order valence-electron chi connectivity index (χ3n) is 7.78. The summed E-state index contributed by atoms with van der Waals surface area (Å²) in [6, 6.07) is 23.8. The Hall–Kier alpha value is -4.45. The first-order valence-electron chi connectivity index (χ1n) is 16.7. The summed E-state index contributed by atoms with van der Waals surface area (Å²) in [5, 5.41) is 0. The summed E-state index contributed by atoms with van der Waals surface area (Å²) in [5.74, 6) is 5.01. The van der Waals surface area contributed by atoms with Gasteiger partial charge in [0, 0.05) is 48.1 Å². The van der Waals surface area contributed by atoms with E-state index < -0.39 is 0 Å². The number of benzene rings is 1. The molecule has 0 atom stereocenters. The largest absolute Gasteiger partial charge is 0.355 e. The summed E-state index contributed by atoms with van der Waals surface area (Å²) in [6.07, 6.45) is 18.9. The topological polar surface area (TPSA) is 168 Å². The minimum Gasteiger partial charge on any atom is -0.355 e. The smallest absolute Gasteiger partial charge is 0.323 e. The average molecular weight is 712 g/mol. The van der Waals surface area contributed by atoms with Crippen LogP contribution in [-0.4, -0.2) is 36.4 Å². The Morgan fingerprint density at radius 2 is 1.00 bits per heavy atom. The second-order valence-corrected chi connectivity index (χ2v) is 11.7. The predicted octanol–water partition coefficient (Wildman–Crippen LogP) is 7.11. The molecule has 0 aliphatic carbocycles. The number of imidazole rings is 1. The number of rotatable bonds is 11. The maximum Gasteiger partial charge on any atom is 0.323 e. The number of unbranched alkanes of at least 4 members (excludes halogenated alkanes) is 7. The maximum atomic E-state index is 10.7. The van der Waals surface area contributed by atoms with Crippen LogP contribution in [-0.2, 0) is 19.5 Å². The van der Waals surface area contributed by atoms with Crippen LogP contribution in [0, 0.1) is 0 Å². The minimum atomic E-state index is -0.152. The molecule has 0 unspecified atom stereocenters. The first-order valence-corrected chi connectivity index (χ1v) is 16.7. The molecule has 0 saturated heterocycles. The summed E-state index contributed by atoms with van der Waals surface area (Å²) in [4.78, 5) is 32.0. The zero-order valence-electron chi connectivity index (χ0n) is 28.2. The van der Waals surface area contributed by atoms with E-state index in [9.17, 15) is 4.79 Å². The van der Waals surface area contributed by atoms with Gasteiger partial charge in [-0.25, -0.2) is 20.2 Å². The van der Waals surface area contributed by atoms with E-state index in [-0.39, 0.29) is 25.2 Å². The Bertz CT molecular complexity index is 1800. The van der Waals surface area contributed by atoms with Gasteiger partial charge in [0.15, 0.2) is 0 Å². The van der Waals surface area contributed by atoms with Crippen LogP contribution in [0.3, 0.4) is 0 Å². The Labute approximate surface area is 299 Å². The molecule has 2 aliphatic rings. The number of hydrogen-bond acceptors (Lipinski definition) is 7. The molecule has 5 aromatic rings. The van der Waals surface area contributed by atoms with Crippen molar-refractivity contribution >= 4 is 57.4 Å². The molecule has 252 valence electrons. The molecule has 0 spiro atoms. The summed E-state index contributed by atoms with van der Waals surface area (Å²) >= 11 is 0. The molecule has 2 aliphatic heterocycles. The predicted molar refractivity (Wildman–Crippen MR) is 199 cm³/mol. The van der Waals surface area contributed by atoms with Gasteiger partial charge in [0.05, 0.1) is 33.8 Å². The summed E-state index contributed by atoms with van der Waals surface area (Å²) in [6.45, 7) is 3.23. The quantitative estimate of drug-likeness (QED) is 0.0306. The molecule has 12 heteroatoms. The molecular weight excluding hydrogens is 666 g/mol. The number of nitrogens with one attached hydrogen (secondary N) is 7. The molecule has 49 heavy (non-hydrogen) atoms. The number of fused-ring (bicyclic) bond motifs is 9. The molecule has 4 aromatic heterocycles. The summed E-state index contributed by atoms with van der Waals surface area (Å²) in [5.41, 5.74) is 17.4. The van der Waals surface area contributed by atoms with Crippen molar-refractivity contribution in [2.24, 2.45) is 5.84 Å². The third-order valence-corrected chi connectivity index (χ3v) is 7.78. The van der Waals surface area contributed by atoms with E-state index in [0.717, 1.165) is 62.4 Å². The van der Waals surface area contributed by atoms with Crippen LogP contribution in [0.5, 0.6) is 0 Å². The van der Waals surface area contributed by atoms with Crippen molar-refractivity contribution in [2.45, 2.75) is 58.3 Å². The van der Waals surface area contributed by atoms with Gasteiger partial charge in [-0.2, -0.15) is 11.1 Å². The second-order valence-electron chi connectivity index (χ2n) is 11.7. The fourth-order valence-corrected chi connectivity index (χ4v) is 5.38. The van der Waals surface area contributed by atoms with Crippen LogP contribution in [0.1, 0.15) is 81.1 Å². The number of aromatic nitrogens is 6. The standard InChI is InChI=1S/C20H14N4.C10H26N4.C7H6N2O.Zn/c1-2-14-10-16-5-6-18(23-16)12-20-8-7-19(24-20)11-17-4-3-15(22-17)9-13(1)21-14;1-2-3-4-5-6-7-8-9-10-12-14-13-11;10-7-8-5-3-1-2-4-6(5)9-7;/h1-12,21,24H;12-14H,2-11H2,1H3;1-4H,(H2,8,9,10);. The van der Waals surface area contributed by atoms with Gasteiger partial charge in [0.1, 0.15) is 0 Å². The van der Waals surface area contributed by atoms with Crippen LogP contribution < -0.4 is 28.0 Å². The van der Waals surface area contributed by atoms with Crippen molar-refractivity contribution in [3.8, 4) is 0 Å². The van der Waals surface area contributed by atoms with Crippen molar-refractivity contribution in [3.63, 3.8) is 0 Å². The van der Waals surface area contributed by atoms with E-state index in [2.05, 4.69) is 77.6 Å². The fourth-order valence-electron chi connectivity index (χ4n) is 5.38. The molecule has 0 radical (unpaired) electrons. The zero-order valence-corrected chi connectivity index (χ0v) is 31.2. The zero-order chi connectivity index (χ0) is 33.4. The molecule has 0 amide bonds. The van der Waals surface area contributed by atoms with Crippen molar-refractivity contribution in [1.82, 2.24) is 46.4 Å². The van der Waals surface area contributed by atoms with Gasteiger partial charge in [0.2, 0.25) is 0 Å². The monoisotopic (exact) mass is 710 g/mol. The molecule has 0 fully saturated rings. The van der Waals surface area contributed by atoms with E-state index >= 15 is 0 Å². The molecule has 9 N–H and O–H groups in total. The van der Waals surface area contributed by atoms with Crippen LogP contribution in [0.2, 0.25) is 0 Å². The van der Waals surface area contributed by atoms with Gasteiger partial charge in [-0.3, -0.25) is 5.84 Å². The van der Waals surface area contributed by atoms with Gasteiger partial charge >= 0.3 is 5.69 Å². The van der Waals surface area contributed by atoms with Crippen LogP contribution in [0.15, 0.2) is 77.6 Å². The van der Waals surface area contributed by atoms with Gasteiger partial charge in [0.25, 0.3) is 0 Å². The Kier molecular flexibility index (Phi) is 15.4. The van der Waals surface area contributed by atoms with E-state index in [0.29, 0.717) is 0 Å². The minimum absolute atomic E-state index is 0. The van der Waals surface area contributed by atoms with Crippen molar-refractivity contribution in [2.75, 3.05) is 6.54 Å². The molecule has 7 rings (SSSR count). The van der Waals surface area contributed by atoms with Gasteiger partial charge in [-0.05, 0) is 91.4 Å². The number of aromatic amines is 4. The second kappa shape index (κ2) is 20.2. The Morgan fingerprint density at radius 3 is 1.41 bits per heavy atom. The van der Waals surface area contributed by atoms with Gasteiger partial charge in [-0.15, -0.1) is 0 Å². The first-order chi connectivity index (χ1) is 23.6. The maximum absolute atomic E-state index is 10.7. The molecule has 1 aromatic carbocycles. The fraction of sp³-hybridized carbons (Fsp3) is 0.270. The van der Waals surface area contributed by atoms with Crippen LogP contribution in [0.25, 0.3) is 57.4 Å². The average Bonchev–Trinajstić information content (AvgIpc) is 3.93. The number of hydrogen-bond donors (Lipinski definition) is 8. The van der Waals surface area contributed by atoms with Crippen LogP contribution >= 0.6 is 0 Å². The van der Waals surface area contributed by atoms with E-state index in [4.69, 9.17) is 5.84 Å². The van der Waals surface area contributed by atoms with Crippen LogP contribution in [0.4, 0.5) is 0 Å². The normalized spacial score (nSPS) is 11.4. The number of nitrogens with zero attached hydrogens (tertiary/aromatic N) is 2. The van der Waals surface area contributed by atoms with Crippen molar-refractivity contribution < 1.29 is 19.5 Å². The van der Waals surface area contributed by atoms with E-state index in [1.165, 1.54) is 51.4 Å². The first kappa shape index (κ1) is 37.4. The number of nitrogens with two attached hydrogens (primary N) is 1. The molecule has 11 nitrogen and oxygen atoms in total. The molecule has 6 heterocycles. The van der Waals surface area contributed by atoms with Crippen molar-refractivity contribution in [3.05, 3.63) is 106 Å². The number of H-pyrrole nitrogens is 4. The van der Waals surface area contributed by atoms with E-state index in [1.807, 2.05) is 72.8 Å². The Balaban J connectivity index is 0.000000184. The summed E-state index contributed by atoms with van der Waals surface area (Å²) in [7, 11) is 0.